The van der Waals surface area contributed by atoms with Crippen LogP contribution in [-0.2, 0) is 0 Å². The second-order valence-electron chi connectivity index (χ2n) is 8.53. The van der Waals surface area contributed by atoms with Crippen LogP contribution in [0.15, 0.2) is 54.6 Å². The molecule has 166 valence electrons. The van der Waals surface area contributed by atoms with Gasteiger partial charge >= 0.3 is 0 Å². The molecule has 0 radical (unpaired) electrons. The molecule has 0 bridgehead atoms. The van der Waals surface area contributed by atoms with Crippen LogP contribution in [0.3, 0.4) is 0 Å². The maximum absolute atomic E-state index is 9.00. The van der Waals surface area contributed by atoms with Gasteiger partial charge in [-0.2, -0.15) is 5.26 Å². The zero-order chi connectivity index (χ0) is 21.9. The van der Waals surface area contributed by atoms with Crippen LogP contribution in [0.25, 0.3) is 0 Å². The molecule has 31 heavy (non-hydrogen) atoms. The highest BCUT2D eigenvalue weighted by molar-refractivity contribution is 5.30. The van der Waals surface area contributed by atoms with Gasteiger partial charge in [-0.05, 0) is 76.3 Å². The van der Waals surface area contributed by atoms with E-state index in [2.05, 4.69) is 42.1 Å². The van der Waals surface area contributed by atoms with Gasteiger partial charge in [0.1, 0.15) is 17.6 Å². The Morgan fingerprint density at radius 2 is 1.74 bits per heavy atom. The Hall–Kier alpha value is -2.55. The van der Waals surface area contributed by atoms with Crippen molar-refractivity contribution >= 4 is 0 Å². The molecule has 5 heteroatoms. The first-order valence-electron chi connectivity index (χ1n) is 11.3. The van der Waals surface area contributed by atoms with Crippen molar-refractivity contribution < 1.29 is 9.47 Å². The van der Waals surface area contributed by atoms with Gasteiger partial charge in [-0.25, -0.2) is 0 Å². The summed E-state index contributed by atoms with van der Waals surface area (Å²) in [6, 6.07) is 20.7. The molecule has 0 N–H and O–H groups in total. The fourth-order valence-corrected chi connectivity index (χ4v) is 3.87. The number of hydrogen-bond acceptors (Lipinski definition) is 5. The normalized spacial score (nSPS) is 16.1. The molecule has 1 fully saturated rings. The summed E-state index contributed by atoms with van der Waals surface area (Å²) in [6.45, 7) is 4.77. The lowest BCUT2D eigenvalue weighted by molar-refractivity contribution is 0.179. The highest BCUT2D eigenvalue weighted by atomic mass is 16.5. The van der Waals surface area contributed by atoms with Crippen LogP contribution in [0.4, 0.5) is 0 Å². The maximum Gasteiger partial charge on any atom is 0.125 e. The molecule has 1 aliphatic rings. The summed E-state index contributed by atoms with van der Waals surface area (Å²) < 4.78 is 12.2. The molecule has 1 unspecified atom stereocenters. The molecule has 1 heterocycles. The quantitative estimate of drug-likeness (QED) is 0.490. The molecule has 0 aliphatic carbocycles. The Balaban J connectivity index is 1.47. The lowest BCUT2D eigenvalue weighted by atomic mass is 9.98. The Bertz CT molecular complexity index is 794. The SMILES string of the molecule is CN(C)CCC(Oc1ccccc1)c1ccc(OCCCN2CCC(C#N)CC2)cc1. The first-order valence-corrected chi connectivity index (χ1v) is 11.3. The van der Waals surface area contributed by atoms with Crippen LogP contribution >= 0.6 is 0 Å². The summed E-state index contributed by atoms with van der Waals surface area (Å²) >= 11 is 0. The number of rotatable bonds is 11. The smallest absolute Gasteiger partial charge is 0.125 e. The summed E-state index contributed by atoms with van der Waals surface area (Å²) in [5.74, 6) is 2.04. The number of piperidine rings is 1. The fourth-order valence-electron chi connectivity index (χ4n) is 3.87. The first kappa shape index (κ1) is 23.1. The minimum absolute atomic E-state index is 0.00943. The van der Waals surface area contributed by atoms with E-state index in [1.54, 1.807) is 0 Å². The van der Waals surface area contributed by atoms with Crippen molar-refractivity contribution in [3.05, 3.63) is 60.2 Å². The third-order valence-corrected chi connectivity index (χ3v) is 5.77. The van der Waals surface area contributed by atoms with Crippen molar-refractivity contribution in [1.82, 2.24) is 9.80 Å². The zero-order valence-electron chi connectivity index (χ0n) is 18.9. The van der Waals surface area contributed by atoms with E-state index >= 15 is 0 Å². The lowest BCUT2D eigenvalue weighted by Crippen LogP contribution is -2.34. The Morgan fingerprint density at radius 3 is 2.39 bits per heavy atom. The van der Waals surface area contributed by atoms with Crippen LogP contribution in [0, 0.1) is 17.2 Å². The average Bonchev–Trinajstić information content (AvgIpc) is 2.81. The van der Waals surface area contributed by atoms with Crippen molar-refractivity contribution in [1.29, 1.82) is 5.26 Å². The van der Waals surface area contributed by atoms with E-state index < -0.39 is 0 Å². The van der Waals surface area contributed by atoms with Crippen molar-refractivity contribution in [2.75, 3.05) is 46.9 Å². The summed E-state index contributed by atoms with van der Waals surface area (Å²) in [6.07, 6.45) is 3.93. The average molecular weight is 422 g/mol. The molecular formula is C26H35N3O2. The number of hydrogen-bond donors (Lipinski definition) is 0. The highest BCUT2D eigenvalue weighted by Crippen LogP contribution is 2.26. The van der Waals surface area contributed by atoms with Gasteiger partial charge in [-0.1, -0.05) is 30.3 Å². The van der Waals surface area contributed by atoms with Gasteiger partial charge in [0.2, 0.25) is 0 Å². The van der Waals surface area contributed by atoms with Gasteiger partial charge in [-0.3, -0.25) is 0 Å². The molecular weight excluding hydrogens is 386 g/mol. The molecule has 1 atom stereocenters. The first-order chi connectivity index (χ1) is 15.1. The third kappa shape index (κ3) is 7.90. The van der Waals surface area contributed by atoms with Gasteiger partial charge in [0.05, 0.1) is 12.7 Å². The fraction of sp³-hybridized carbons (Fsp3) is 0.500. The van der Waals surface area contributed by atoms with Crippen molar-refractivity contribution in [2.45, 2.75) is 31.8 Å². The second kappa shape index (κ2) is 12.3. The lowest BCUT2D eigenvalue weighted by Gasteiger charge is -2.28. The highest BCUT2D eigenvalue weighted by Gasteiger charge is 2.18. The van der Waals surface area contributed by atoms with E-state index in [1.807, 2.05) is 42.5 Å². The van der Waals surface area contributed by atoms with Gasteiger partial charge in [-0.15, -0.1) is 0 Å². The Labute approximate surface area is 187 Å². The minimum atomic E-state index is 0.00943. The van der Waals surface area contributed by atoms with Gasteiger partial charge < -0.3 is 19.3 Å². The van der Waals surface area contributed by atoms with Crippen LogP contribution in [0.1, 0.15) is 37.4 Å². The standard InChI is InChI=1S/C26H35N3O2/c1-28(2)17-15-26(31-25-7-4-3-5-8-25)23-9-11-24(12-10-23)30-20-6-16-29-18-13-22(21-27)14-19-29/h3-5,7-12,22,26H,6,13-20H2,1-2H3. The molecule has 0 aromatic heterocycles. The molecule has 0 spiro atoms. The summed E-state index contributed by atoms with van der Waals surface area (Å²) in [5, 5.41) is 9.00. The van der Waals surface area contributed by atoms with Gasteiger partial charge in [0, 0.05) is 25.4 Å². The van der Waals surface area contributed by atoms with Crippen LogP contribution in [0.2, 0.25) is 0 Å². The Kier molecular flexibility index (Phi) is 9.20. The number of likely N-dealkylation sites (tertiary alicyclic amines) is 1. The monoisotopic (exact) mass is 421 g/mol. The predicted octanol–water partition coefficient (Wildman–Crippen LogP) is 4.76. The van der Waals surface area contributed by atoms with Crippen molar-refractivity contribution in [2.24, 2.45) is 5.92 Å². The maximum atomic E-state index is 9.00. The summed E-state index contributed by atoms with van der Waals surface area (Å²) in [5.41, 5.74) is 1.17. The van der Waals surface area contributed by atoms with Crippen molar-refractivity contribution in [3.63, 3.8) is 0 Å². The van der Waals surface area contributed by atoms with E-state index in [0.29, 0.717) is 6.61 Å². The number of nitriles is 1. The third-order valence-electron chi connectivity index (χ3n) is 5.77. The van der Waals surface area contributed by atoms with E-state index in [1.165, 1.54) is 5.56 Å². The van der Waals surface area contributed by atoms with Gasteiger partial charge in [0.15, 0.2) is 0 Å². The number of benzene rings is 2. The second-order valence-corrected chi connectivity index (χ2v) is 8.53. The number of ether oxygens (including phenoxy) is 2. The van der Waals surface area contributed by atoms with E-state index in [9.17, 15) is 0 Å². The van der Waals surface area contributed by atoms with Crippen LogP contribution < -0.4 is 9.47 Å². The van der Waals surface area contributed by atoms with Crippen molar-refractivity contribution in [3.8, 4) is 17.6 Å². The molecule has 1 saturated heterocycles. The summed E-state index contributed by atoms with van der Waals surface area (Å²) in [7, 11) is 4.17. The number of para-hydroxylation sites is 1. The van der Waals surface area contributed by atoms with Crippen LogP contribution in [-0.4, -0.2) is 56.7 Å². The largest absolute Gasteiger partial charge is 0.494 e. The molecule has 5 nitrogen and oxygen atoms in total. The molecule has 0 amide bonds. The molecule has 1 aliphatic heterocycles. The predicted molar refractivity (Wildman–Crippen MR) is 124 cm³/mol. The van der Waals surface area contributed by atoms with E-state index in [0.717, 1.165) is 63.4 Å². The zero-order valence-corrected chi connectivity index (χ0v) is 18.9. The Morgan fingerprint density at radius 1 is 1.03 bits per heavy atom. The number of nitrogens with zero attached hydrogens (tertiary/aromatic N) is 3. The summed E-state index contributed by atoms with van der Waals surface area (Å²) in [4.78, 5) is 4.62. The molecule has 0 saturated carbocycles. The minimum Gasteiger partial charge on any atom is -0.494 e. The van der Waals surface area contributed by atoms with Gasteiger partial charge in [0.25, 0.3) is 0 Å². The molecule has 3 rings (SSSR count). The van der Waals surface area contributed by atoms with E-state index in [-0.39, 0.29) is 12.0 Å². The topological polar surface area (TPSA) is 48.7 Å². The van der Waals surface area contributed by atoms with E-state index in [4.69, 9.17) is 14.7 Å². The molecule has 2 aromatic carbocycles. The molecule has 2 aromatic rings. The van der Waals surface area contributed by atoms with Crippen LogP contribution in [0.5, 0.6) is 11.5 Å².